The fourth-order valence-electron chi connectivity index (χ4n) is 3.01. The van der Waals surface area contributed by atoms with Crippen molar-refractivity contribution >= 4 is 21.6 Å². The highest BCUT2D eigenvalue weighted by Crippen LogP contribution is 2.20. The highest BCUT2D eigenvalue weighted by Gasteiger charge is 2.24. The van der Waals surface area contributed by atoms with Crippen molar-refractivity contribution < 1.29 is 13.2 Å². The molecule has 1 amide bonds. The van der Waals surface area contributed by atoms with E-state index in [-0.39, 0.29) is 10.8 Å². The lowest BCUT2D eigenvalue weighted by Gasteiger charge is -2.36. The van der Waals surface area contributed by atoms with E-state index >= 15 is 0 Å². The van der Waals surface area contributed by atoms with Gasteiger partial charge in [0.2, 0.25) is 10.0 Å². The van der Waals surface area contributed by atoms with Gasteiger partial charge in [0.05, 0.1) is 4.90 Å². The Labute approximate surface area is 153 Å². The molecule has 138 valence electrons. The maximum atomic E-state index is 12.9. The summed E-state index contributed by atoms with van der Waals surface area (Å²) in [5, 5.41) is 0. The number of amides is 1. The SMILES string of the molecule is CNS(=O)(=O)c1ccc(C)c(C(=O)N2CCN(c3ccncc3)CC2)c1. The fourth-order valence-corrected chi connectivity index (χ4v) is 3.77. The van der Waals surface area contributed by atoms with Crippen LogP contribution in [0.5, 0.6) is 0 Å². The van der Waals surface area contributed by atoms with E-state index in [2.05, 4.69) is 14.6 Å². The van der Waals surface area contributed by atoms with Gasteiger partial charge in [-0.3, -0.25) is 9.78 Å². The normalized spacial score (nSPS) is 15.2. The second kappa shape index (κ2) is 7.43. The van der Waals surface area contributed by atoms with Crippen molar-refractivity contribution in [1.82, 2.24) is 14.6 Å². The van der Waals surface area contributed by atoms with Gasteiger partial charge in [0.15, 0.2) is 0 Å². The fraction of sp³-hybridized carbons (Fsp3) is 0.333. The van der Waals surface area contributed by atoms with Crippen LogP contribution in [0.25, 0.3) is 0 Å². The molecule has 0 aliphatic carbocycles. The minimum Gasteiger partial charge on any atom is -0.368 e. The van der Waals surface area contributed by atoms with Gasteiger partial charge in [0, 0.05) is 49.8 Å². The summed E-state index contributed by atoms with van der Waals surface area (Å²) in [6, 6.07) is 8.55. The molecule has 0 spiro atoms. The third-order valence-electron chi connectivity index (χ3n) is 4.61. The summed E-state index contributed by atoms with van der Waals surface area (Å²) < 4.78 is 26.3. The van der Waals surface area contributed by atoms with Crippen molar-refractivity contribution in [3.05, 3.63) is 53.9 Å². The molecule has 1 aliphatic heterocycles. The number of sulfonamides is 1. The van der Waals surface area contributed by atoms with Crippen molar-refractivity contribution in [1.29, 1.82) is 0 Å². The van der Waals surface area contributed by atoms with E-state index in [1.807, 2.05) is 19.1 Å². The molecule has 1 aromatic carbocycles. The molecule has 26 heavy (non-hydrogen) atoms. The lowest BCUT2D eigenvalue weighted by molar-refractivity contribution is 0.0746. The summed E-state index contributed by atoms with van der Waals surface area (Å²) in [5.74, 6) is -0.134. The number of pyridine rings is 1. The molecule has 8 heteroatoms. The van der Waals surface area contributed by atoms with Crippen LogP contribution in [0.15, 0.2) is 47.6 Å². The highest BCUT2D eigenvalue weighted by molar-refractivity contribution is 7.89. The summed E-state index contributed by atoms with van der Waals surface area (Å²) in [7, 11) is -2.23. The van der Waals surface area contributed by atoms with Crippen LogP contribution < -0.4 is 9.62 Å². The summed E-state index contributed by atoms with van der Waals surface area (Å²) >= 11 is 0. The number of nitrogens with one attached hydrogen (secondary N) is 1. The molecule has 0 bridgehead atoms. The van der Waals surface area contributed by atoms with E-state index in [0.29, 0.717) is 18.7 Å². The van der Waals surface area contributed by atoms with Crippen LogP contribution in [0.1, 0.15) is 15.9 Å². The number of rotatable bonds is 4. The van der Waals surface area contributed by atoms with Gasteiger partial charge in [-0.1, -0.05) is 6.07 Å². The Bertz CT molecular complexity index is 892. The molecule has 2 aromatic rings. The molecule has 0 unspecified atom stereocenters. The van der Waals surface area contributed by atoms with Crippen molar-refractivity contribution in [2.45, 2.75) is 11.8 Å². The van der Waals surface area contributed by atoms with Crippen LogP contribution in [0.3, 0.4) is 0 Å². The monoisotopic (exact) mass is 374 g/mol. The summed E-state index contributed by atoms with van der Waals surface area (Å²) in [6.45, 7) is 4.44. The van der Waals surface area contributed by atoms with Gasteiger partial charge in [-0.15, -0.1) is 0 Å². The van der Waals surface area contributed by atoms with Crippen LogP contribution in [0.2, 0.25) is 0 Å². The molecule has 0 atom stereocenters. The molecular weight excluding hydrogens is 352 g/mol. The molecule has 7 nitrogen and oxygen atoms in total. The minimum absolute atomic E-state index is 0.101. The lowest BCUT2D eigenvalue weighted by atomic mass is 10.1. The highest BCUT2D eigenvalue weighted by atomic mass is 32.2. The van der Waals surface area contributed by atoms with Gasteiger partial charge in [0.25, 0.3) is 5.91 Å². The number of hydrogen-bond acceptors (Lipinski definition) is 5. The van der Waals surface area contributed by atoms with Crippen LogP contribution in [-0.4, -0.2) is 57.4 Å². The third kappa shape index (κ3) is 3.71. The number of anilines is 1. The topological polar surface area (TPSA) is 82.6 Å². The first-order chi connectivity index (χ1) is 12.4. The Morgan fingerprint density at radius 1 is 1.08 bits per heavy atom. The summed E-state index contributed by atoms with van der Waals surface area (Å²) in [4.78, 5) is 21.0. The number of hydrogen-bond donors (Lipinski definition) is 1. The zero-order chi connectivity index (χ0) is 18.7. The molecule has 2 heterocycles. The van der Waals surface area contributed by atoms with E-state index in [1.54, 1.807) is 23.4 Å². The maximum absolute atomic E-state index is 12.9. The molecular formula is C18H22N4O3S. The summed E-state index contributed by atoms with van der Waals surface area (Å²) in [5.41, 5.74) is 2.28. The van der Waals surface area contributed by atoms with Gasteiger partial charge in [-0.05, 0) is 43.8 Å². The molecule has 1 aliphatic rings. The predicted octanol–water partition coefficient (Wildman–Crippen LogP) is 1.26. The van der Waals surface area contributed by atoms with Gasteiger partial charge in [-0.2, -0.15) is 0 Å². The largest absolute Gasteiger partial charge is 0.368 e. The quantitative estimate of drug-likeness (QED) is 0.871. The second-order valence-corrected chi connectivity index (χ2v) is 8.06. The van der Waals surface area contributed by atoms with Gasteiger partial charge in [-0.25, -0.2) is 13.1 Å². The van der Waals surface area contributed by atoms with E-state index < -0.39 is 10.0 Å². The van der Waals surface area contributed by atoms with Crippen LogP contribution in [0, 0.1) is 6.92 Å². The molecule has 1 fully saturated rings. The lowest BCUT2D eigenvalue weighted by Crippen LogP contribution is -2.49. The number of carbonyl (C=O) groups is 1. The number of benzene rings is 1. The second-order valence-electron chi connectivity index (χ2n) is 6.17. The molecule has 1 aromatic heterocycles. The van der Waals surface area contributed by atoms with Crippen molar-refractivity contribution in [2.75, 3.05) is 38.1 Å². The van der Waals surface area contributed by atoms with Gasteiger partial charge >= 0.3 is 0 Å². The molecule has 0 radical (unpaired) electrons. The van der Waals surface area contributed by atoms with Gasteiger partial charge < -0.3 is 9.80 Å². The minimum atomic E-state index is -3.58. The molecule has 1 saturated heterocycles. The Morgan fingerprint density at radius 2 is 1.73 bits per heavy atom. The van der Waals surface area contributed by atoms with Crippen molar-refractivity contribution in [2.24, 2.45) is 0 Å². The Balaban J connectivity index is 1.76. The molecule has 1 N–H and O–H groups in total. The first kappa shape index (κ1) is 18.3. The average Bonchev–Trinajstić information content (AvgIpc) is 2.68. The Kier molecular flexibility index (Phi) is 5.24. The van der Waals surface area contributed by atoms with Crippen molar-refractivity contribution in [3.63, 3.8) is 0 Å². The maximum Gasteiger partial charge on any atom is 0.254 e. The zero-order valence-electron chi connectivity index (χ0n) is 14.8. The summed E-state index contributed by atoms with van der Waals surface area (Å²) in [6.07, 6.45) is 3.51. The van der Waals surface area contributed by atoms with E-state index in [0.717, 1.165) is 24.3 Å². The third-order valence-corrected chi connectivity index (χ3v) is 6.03. The Morgan fingerprint density at radius 3 is 2.35 bits per heavy atom. The van der Waals surface area contributed by atoms with Crippen LogP contribution >= 0.6 is 0 Å². The van der Waals surface area contributed by atoms with E-state index in [4.69, 9.17) is 0 Å². The number of aryl methyl sites for hydroxylation is 1. The van der Waals surface area contributed by atoms with Crippen LogP contribution in [0.4, 0.5) is 5.69 Å². The van der Waals surface area contributed by atoms with Gasteiger partial charge in [0.1, 0.15) is 0 Å². The molecule has 0 saturated carbocycles. The number of aromatic nitrogens is 1. The average molecular weight is 374 g/mol. The smallest absolute Gasteiger partial charge is 0.254 e. The number of carbonyl (C=O) groups excluding carboxylic acids is 1. The zero-order valence-corrected chi connectivity index (χ0v) is 15.7. The van der Waals surface area contributed by atoms with E-state index in [1.165, 1.54) is 19.2 Å². The first-order valence-electron chi connectivity index (χ1n) is 8.41. The van der Waals surface area contributed by atoms with Crippen molar-refractivity contribution in [3.8, 4) is 0 Å². The van der Waals surface area contributed by atoms with E-state index in [9.17, 15) is 13.2 Å². The number of nitrogens with zero attached hydrogens (tertiary/aromatic N) is 3. The first-order valence-corrected chi connectivity index (χ1v) is 9.89. The van der Waals surface area contributed by atoms with Crippen LogP contribution in [-0.2, 0) is 10.0 Å². The Hall–Kier alpha value is -2.45. The standard InChI is InChI=1S/C18H22N4O3S/c1-14-3-4-16(26(24,25)19-2)13-17(14)18(23)22-11-9-21(10-12-22)15-5-7-20-8-6-15/h3-8,13,19H,9-12H2,1-2H3. The predicted molar refractivity (Wildman–Crippen MR) is 99.8 cm³/mol. The number of piperazine rings is 1. The molecule has 3 rings (SSSR count).